The molecule has 7 aromatic rings. The van der Waals surface area contributed by atoms with Crippen molar-refractivity contribution in [1.82, 2.24) is 0 Å². The van der Waals surface area contributed by atoms with Crippen LogP contribution in [0.15, 0.2) is 193 Å². The Morgan fingerprint density at radius 3 is 2.04 bits per heavy atom. The fourth-order valence-electron chi connectivity index (χ4n) is 9.29. The Kier molecular flexibility index (Phi) is 7.03. The summed E-state index contributed by atoms with van der Waals surface area (Å²) in [6.07, 6.45) is 13.1. The van der Waals surface area contributed by atoms with Gasteiger partial charge in [-0.05, 0) is 119 Å². The van der Waals surface area contributed by atoms with Gasteiger partial charge in [0.2, 0.25) is 0 Å². The maximum atomic E-state index is 6.82. The smallest absolute Gasteiger partial charge is 0.0726 e. The first kappa shape index (κ1) is 31.1. The van der Waals surface area contributed by atoms with Gasteiger partial charge in [0.15, 0.2) is 0 Å². The lowest BCUT2D eigenvalue weighted by atomic mass is 9.70. The van der Waals surface area contributed by atoms with Crippen molar-refractivity contribution in [2.75, 3.05) is 0 Å². The standard InChI is InChI=1S/C51H38N2/c1-2-12-34-25-23-32(29-48(34)53)24-28-47(52)36-15-11-14-35(30-36)42-31-46-50(41-20-6-5-17-38(41)42)49-37-16-4-3-13-33(37)26-27-45(49)51(46)43-21-9-7-18-39(43)40-19-8-10-22-44(40)51/h2-28,30-31H,29,52-53H2,1H3/b12-2-,32-24-,47-28-. The summed E-state index contributed by atoms with van der Waals surface area (Å²) in [5, 5.41) is 5.05. The van der Waals surface area contributed by atoms with Crippen LogP contribution in [0.4, 0.5) is 0 Å². The Balaban J connectivity index is 1.21. The van der Waals surface area contributed by atoms with E-state index >= 15 is 0 Å². The molecule has 53 heavy (non-hydrogen) atoms. The third kappa shape index (κ3) is 4.52. The van der Waals surface area contributed by atoms with Gasteiger partial charge in [-0.2, -0.15) is 0 Å². The Hall–Kier alpha value is -6.64. The molecule has 0 fully saturated rings. The summed E-state index contributed by atoms with van der Waals surface area (Å²) < 4.78 is 0. The molecule has 3 aliphatic carbocycles. The van der Waals surface area contributed by atoms with Gasteiger partial charge in [0.05, 0.1) is 5.41 Å². The van der Waals surface area contributed by atoms with Crippen molar-refractivity contribution in [2.45, 2.75) is 18.8 Å². The molecular weight excluding hydrogens is 641 g/mol. The molecule has 1 spiro atoms. The third-order valence-corrected chi connectivity index (χ3v) is 11.6. The van der Waals surface area contributed by atoms with E-state index in [4.69, 9.17) is 11.5 Å². The average molecular weight is 679 g/mol. The molecule has 0 saturated carbocycles. The van der Waals surface area contributed by atoms with Crippen LogP contribution in [-0.4, -0.2) is 0 Å². The first-order chi connectivity index (χ1) is 26.1. The van der Waals surface area contributed by atoms with Crippen LogP contribution in [-0.2, 0) is 5.41 Å². The van der Waals surface area contributed by atoms with Gasteiger partial charge in [-0.3, -0.25) is 0 Å². The molecule has 3 aliphatic rings. The average Bonchev–Trinajstić information content (AvgIpc) is 3.68. The number of hydrogen-bond acceptors (Lipinski definition) is 2. The van der Waals surface area contributed by atoms with Crippen LogP contribution in [0.2, 0.25) is 0 Å². The molecule has 0 atom stereocenters. The quantitative estimate of drug-likeness (QED) is 0.195. The summed E-state index contributed by atoms with van der Waals surface area (Å²) in [6, 6.07) is 51.8. The first-order valence-corrected chi connectivity index (χ1v) is 18.4. The largest absolute Gasteiger partial charge is 0.401 e. The van der Waals surface area contributed by atoms with E-state index in [2.05, 4.69) is 158 Å². The molecule has 2 heteroatoms. The van der Waals surface area contributed by atoms with E-state index in [1.807, 2.05) is 25.2 Å². The number of nitrogens with two attached hydrogens (primary N) is 2. The van der Waals surface area contributed by atoms with Crippen LogP contribution in [0.5, 0.6) is 0 Å². The van der Waals surface area contributed by atoms with Gasteiger partial charge in [0.25, 0.3) is 0 Å². The molecule has 0 heterocycles. The Labute approximate surface area is 310 Å². The summed E-state index contributed by atoms with van der Waals surface area (Å²) in [4.78, 5) is 0. The summed E-state index contributed by atoms with van der Waals surface area (Å²) in [5.74, 6) is 0. The van der Waals surface area contributed by atoms with Gasteiger partial charge in [-0.15, -0.1) is 0 Å². The maximum absolute atomic E-state index is 6.82. The monoisotopic (exact) mass is 678 g/mol. The molecule has 4 N–H and O–H groups in total. The lowest BCUT2D eigenvalue weighted by Crippen LogP contribution is -2.26. The Bertz CT molecular complexity index is 2790. The van der Waals surface area contributed by atoms with Crippen molar-refractivity contribution in [3.05, 3.63) is 221 Å². The molecule has 0 unspecified atom stereocenters. The summed E-state index contributed by atoms with van der Waals surface area (Å²) in [7, 11) is 0. The topological polar surface area (TPSA) is 52.0 Å². The van der Waals surface area contributed by atoms with Gasteiger partial charge >= 0.3 is 0 Å². The highest BCUT2D eigenvalue weighted by Crippen LogP contribution is 2.65. The second kappa shape index (κ2) is 12.0. The Morgan fingerprint density at radius 2 is 1.28 bits per heavy atom. The fraction of sp³-hybridized carbons (Fsp3) is 0.0588. The van der Waals surface area contributed by atoms with Gasteiger partial charge in [0, 0.05) is 17.8 Å². The molecule has 0 amide bonds. The molecule has 0 saturated heterocycles. The first-order valence-electron chi connectivity index (χ1n) is 18.4. The zero-order chi connectivity index (χ0) is 35.7. The van der Waals surface area contributed by atoms with E-state index in [-0.39, 0.29) is 0 Å². The van der Waals surface area contributed by atoms with Crippen molar-refractivity contribution in [1.29, 1.82) is 0 Å². The molecule has 7 aromatic carbocycles. The summed E-state index contributed by atoms with van der Waals surface area (Å²) >= 11 is 0. The predicted molar refractivity (Wildman–Crippen MR) is 223 cm³/mol. The van der Waals surface area contributed by atoms with Gasteiger partial charge in [-0.25, -0.2) is 0 Å². The number of allylic oxidation sites excluding steroid dienone is 8. The summed E-state index contributed by atoms with van der Waals surface area (Å²) in [6.45, 7) is 2.01. The number of hydrogen-bond donors (Lipinski definition) is 2. The van der Waals surface area contributed by atoms with Crippen molar-refractivity contribution in [2.24, 2.45) is 11.5 Å². The normalized spacial score (nSPS) is 16.2. The lowest BCUT2D eigenvalue weighted by molar-refractivity contribution is 0.795. The van der Waals surface area contributed by atoms with Crippen molar-refractivity contribution in [3.8, 4) is 33.4 Å². The minimum atomic E-state index is -0.458. The van der Waals surface area contributed by atoms with Gasteiger partial charge in [0.1, 0.15) is 0 Å². The van der Waals surface area contributed by atoms with E-state index in [1.165, 1.54) is 71.6 Å². The van der Waals surface area contributed by atoms with Crippen LogP contribution in [0.1, 0.15) is 41.2 Å². The van der Waals surface area contributed by atoms with Crippen molar-refractivity contribution in [3.63, 3.8) is 0 Å². The minimum Gasteiger partial charge on any atom is -0.401 e. The van der Waals surface area contributed by atoms with E-state index in [0.717, 1.165) is 28.0 Å². The fourth-order valence-corrected chi connectivity index (χ4v) is 9.29. The van der Waals surface area contributed by atoms with Gasteiger partial charge < -0.3 is 11.5 Å². The molecule has 0 bridgehead atoms. The zero-order valence-corrected chi connectivity index (χ0v) is 29.6. The molecule has 252 valence electrons. The highest BCUT2D eigenvalue weighted by molar-refractivity contribution is 6.16. The van der Waals surface area contributed by atoms with Crippen LogP contribution in [0.3, 0.4) is 0 Å². The number of benzene rings is 7. The highest BCUT2D eigenvalue weighted by atomic mass is 14.6. The second-order valence-electron chi connectivity index (χ2n) is 14.4. The van der Waals surface area contributed by atoms with Crippen LogP contribution >= 0.6 is 0 Å². The number of fused-ring (bicyclic) bond motifs is 14. The Morgan fingerprint density at radius 1 is 0.604 bits per heavy atom. The van der Waals surface area contributed by atoms with Crippen LogP contribution in [0.25, 0.3) is 60.6 Å². The second-order valence-corrected chi connectivity index (χ2v) is 14.4. The molecule has 0 aromatic heterocycles. The molecular formula is C51H38N2. The number of rotatable bonds is 4. The molecule has 10 rings (SSSR count). The summed E-state index contributed by atoms with van der Waals surface area (Å²) in [5.41, 5.74) is 30.5. The SMILES string of the molecule is C/C=C\C1=C(N)C/C(=C\C=C(/N)c2cccc(-c3cc4c(c5ccccc35)-c3c(ccc5ccccc35)C43c4ccccc4-c4ccccc43)c2)C=C1. The van der Waals surface area contributed by atoms with E-state index in [9.17, 15) is 0 Å². The predicted octanol–water partition coefficient (Wildman–Crippen LogP) is 12.0. The maximum Gasteiger partial charge on any atom is 0.0726 e. The zero-order valence-electron chi connectivity index (χ0n) is 29.6. The highest BCUT2D eigenvalue weighted by Gasteiger charge is 2.52. The van der Waals surface area contributed by atoms with Crippen molar-refractivity contribution >= 4 is 27.2 Å². The third-order valence-electron chi connectivity index (χ3n) is 11.6. The molecule has 0 radical (unpaired) electrons. The molecule has 0 aliphatic heterocycles. The van der Waals surface area contributed by atoms with Crippen molar-refractivity contribution < 1.29 is 0 Å². The van der Waals surface area contributed by atoms with Crippen LogP contribution in [0, 0.1) is 0 Å². The van der Waals surface area contributed by atoms with E-state index in [0.29, 0.717) is 12.1 Å². The molecule has 2 nitrogen and oxygen atoms in total. The van der Waals surface area contributed by atoms with Crippen LogP contribution < -0.4 is 11.5 Å². The lowest BCUT2D eigenvalue weighted by Gasteiger charge is -2.31. The van der Waals surface area contributed by atoms with E-state index in [1.54, 1.807) is 0 Å². The van der Waals surface area contributed by atoms with Gasteiger partial charge in [-0.1, -0.05) is 158 Å². The minimum absolute atomic E-state index is 0.458. The van der Waals surface area contributed by atoms with E-state index < -0.39 is 5.41 Å².